The summed E-state index contributed by atoms with van der Waals surface area (Å²) in [6.07, 6.45) is 0.724. The largest absolute Gasteiger partial charge is 0.460 e. The summed E-state index contributed by atoms with van der Waals surface area (Å²) >= 11 is 11.9. The van der Waals surface area contributed by atoms with Gasteiger partial charge in [-0.05, 0) is 39.3 Å². The second-order valence-electron chi connectivity index (χ2n) is 5.48. The summed E-state index contributed by atoms with van der Waals surface area (Å²) in [6.45, 7) is 5.56. The third kappa shape index (κ3) is 3.15. The Morgan fingerprint density at radius 1 is 1.39 bits per heavy atom. The molecule has 0 aromatic carbocycles. The highest BCUT2D eigenvalue weighted by atomic mass is 35.5. The zero-order valence-electron chi connectivity index (χ0n) is 10.5. The first-order valence-electron chi connectivity index (χ1n) is 5.83. The van der Waals surface area contributed by atoms with Crippen LogP contribution in [0.25, 0.3) is 0 Å². The molecule has 0 amide bonds. The summed E-state index contributed by atoms with van der Waals surface area (Å²) < 4.78 is 5.34. The fourth-order valence-electron chi connectivity index (χ4n) is 1.83. The van der Waals surface area contributed by atoms with Gasteiger partial charge in [0.15, 0.2) is 0 Å². The van der Waals surface area contributed by atoms with E-state index in [1.54, 1.807) is 12.1 Å². The number of esters is 1. The Bertz CT molecular complexity index is 482. The summed E-state index contributed by atoms with van der Waals surface area (Å²) in [5.74, 6) is -0.302. The number of nitrogens with zero attached hydrogens (tertiary/aromatic N) is 1. The second kappa shape index (κ2) is 4.71. The van der Waals surface area contributed by atoms with Crippen molar-refractivity contribution in [2.24, 2.45) is 5.92 Å². The van der Waals surface area contributed by atoms with Gasteiger partial charge in [-0.1, -0.05) is 23.2 Å². The van der Waals surface area contributed by atoms with E-state index in [1.165, 1.54) is 0 Å². The van der Waals surface area contributed by atoms with Gasteiger partial charge in [-0.25, -0.2) is 4.98 Å². The molecule has 3 nitrogen and oxygen atoms in total. The molecule has 0 aliphatic heterocycles. The first-order chi connectivity index (χ1) is 8.28. The SMILES string of the molecule is CC(C)(C)OC(=O)C1CC1c1nc(Cl)ccc1Cl. The maximum absolute atomic E-state index is 11.9. The highest BCUT2D eigenvalue weighted by Crippen LogP contribution is 2.50. The molecule has 98 valence electrons. The topological polar surface area (TPSA) is 39.2 Å². The van der Waals surface area contributed by atoms with Crippen molar-refractivity contribution in [1.82, 2.24) is 4.98 Å². The van der Waals surface area contributed by atoms with Gasteiger partial charge in [0.05, 0.1) is 16.6 Å². The number of carbonyl (C=O) groups excluding carboxylic acids is 1. The molecule has 1 fully saturated rings. The molecule has 0 saturated heterocycles. The molecule has 0 N–H and O–H groups in total. The number of hydrogen-bond acceptors (Lipinski definition) is 3. The van der Waals surface area contributed by atoms with E-state index in [2.05, 4.69) is 4.98 Å². The van der Waals surface area contributed by atoms with Gasteiger partial charge in [0, 0.05) is 5.92 Å². The van der Waals surface area contributed by atoms with Gasteiger partial charge in [0.1, 0.15) is 10.8 Å². The highest BCUT2D eigenvalue weighted by Gasteiger charge is 2.48. The molecule has 1 heterocycles. The van der Waals surface area contributed by atoms with Gasteiger partial charge in [-0.15, -0.1) is 0 Å². The molecule has 1 aromatic heterocycles. The Hall–Kier alpha value is -0.800. The molecule has 2 atom stereocenters. The maximum atomic E-state index is 11.9. The average molecular weight is 288 g/mol. The molecular formula is C13H15Cl2NO2. The fraction of sp³-hybridized carbons (Fsp3) is 0.538. The van der Waals surface area contributed by atoms with Crippen LogP contribution in [0, 0.1) is 5.92 Å². The van der Waals surface area contributed by atoms with E-state index in [1.807, 2.05) is 20.8 Å². The highest BCUT2D eigenvalue weighted by molar-refractivity contribution is 6.32. The van der Waals surface area contributed by atoms with Crippen LogP contribution in [0.5, 0.6) is 0 Å². The molecule has 18 heavy (non-hydrogen) atoms. The van der Waals surface area contributed by atoms with Crippen LogP contribution in [0.1, 0.15) is 38.8 Å². The number of hydrogen-bond donors (Lipinski definition) is 0. The lowest BCUT2D eigenvalue weighted by Crippen LogP contribution is -2.25. The monoisotopic (exact) mass is 287 g/mol. The predicted molar refractivity (Wildman–Crippen MR) is 71.0 cm³/mol. The Morgan fingerprint density at radius 3 is 2.67 bits per heavy atom. The lowest BCUT2D eigenvalue weighted by atomic mass is 10.2. The van der Waals surface area contributed by atoms with Crippen LogP contribution in [0.3, 0.4) is 0 Å². The Morgan fingerprint density at radius 2 is 2.06 bits per heavy atom. The van der Waals surface area contributed by atoms with E-state index in [-0.39, 0.29) is 17.8 Å². The smallest absolute Gasteiger partial charge is 0.310 e. The van der Waals surface area contributed by atoms with E-state index < -0.39 is 5.60 Å². The summed E-state index contributed by atoms with van der Waals surface area (Å²) in [6, 6.07) is 3.34. The quantitative estimate of drug-likeness (QED) is 0.613. The van der Waals surface area contributed by atoms with Crippen LogP contribution < -0.4 is 0 Å². The summed E-state index contributed by atoms with van der Waals surface area (Å²) in [7, 11) is 0. The molecule has 0 spiro atoms. The van der Waals surface area contributed by atoms with Crippen molar-refractivity contribution in [2.75, 3.05) is 0 Å². The number of carbonyl (C=O) groups is 1. The molecule has 2 rings (SSSR count). The van der Waals surface area contributed by atoms with Crippen molar-refractivity contribution in [3.63, 3.8) is 0 Å². The number of halogens is 2. The van der Waals surface area contributed by atoms with E-state index in [9.17, 15) is 4.79 Å². The Balaban J connectivity index is 2.07. The first-order valence-corrected chi connectivity index (χ1v) is 6.58. The van der Waals surface area contributed by atoms with E-state index >= 15 is 0 Å². The van der Waals surface area contributed by atoms with Crippen LogP contribution >= 0.6 is 23.2 Å². The van der Waals surface area contributed by atoms with E-state index in [4.69, 9.17) is 27.9 Å². The van der Waals surface area contributed by atoms with Gasteiger partial charge < -0.3 is 4.74 Å². The van der Waals surface area contributed by atoms with Crippen molar-refractivity contribution < 1.29 is 9.53 Å². The molecule has 1 saturated carbocycles. The zero-order valence-corrected chi connectivity index (χ0v) is 12.0. The number of aromatic nitrogens is 1. The standard InChI is InChI=1S/C13H15Cl2NO2/c1-13(2,3)18-12(17)8-6-7(8)11-9(14)4-5-10(15)16-11/h4-5,7-8H,6H2,1-3H3. The molecule has 5 heteroatoms. The summed E-state index contributed by atoms with van der Waals surface area (Å²) in [4.78, 5) is 16.1. The average Bonchev–Trinajstić information content (AvgIpc) is 2.99. The minimum absolute atomic E-state index is 0.0334. The normalized spacial score (nSPS) is 22.7. The number of ether oxygens (including phenoxy) is 1. The van der Waals surface area contributed by atoms with Crippen molar-refractivity contribution in [3.05, 3.63) is 28.0 Å². The van der Waals surface area contributed by atoms with Gasteiger partial charge in [-0.3, -0.25) is 4.79 Å². The van der Waals surface area contributed by atoms with Crippen molar-refractivity contribution in [3.8, 4) is 0 Å². The van der Waals surface area contributed by atoms with Gasteiger partial charge in [-0.2, -0.15) is 0 Å². The van der Waals surface area contributed by atoms with Gasteiger partial charge >= 0.3 is 5.97 Å². The molecular weight excluding hydrogens is 273 g/mol. The lowest BCUT2D eigenvalue weighted by molar-refractivity contribution is -0.156. The number of pyridine rings is 1. The number of rotatable bonds is 2. The van der Waals surface area contributed by atoms with Gasteiger partial charge in [0.25, 0.3) is 0 Å². The first kappa shape index (κ1) is 13.6. The minimum Gasteiger partial charge on any atom is -0.460 e. The van der Waals surface area contributed by atoms with Gasteiger partial charge in [0.2, 0.25) is 0 Å². The molecule has 2 unspecified atom stereocenters. The third-order valence-corrected chi connectivity index (χ3v) is 3.22. The van der Waals surface area contributed by atoms with Crippen LogP contribution in [0.2, 0.25) is 10.2 Å². The van der Waals surface area contributed by atoms with Crippen molar-refractivity contribution in [2.45, 2.75) is 38.7 Å². The fourth-order valence-corrected chi connectivity index (χ4v) is 2.23. The van der Waals surface area contributed by atoms with Crippen LogP contribution in [0.15, 0.2) is 12.1 Å². The summed E-state index contributed by atoms with van der Waals surface area (Å²) in [5, 5.41) is 0.944. The molecule has 1 aromatic rings. The van der Waals surface area contributed by atoms with Crippen LogP contribution in [-0.2, 0) is 9.53 Å². The summed E-state index contributed by atoms with van der Waals surface area (Å²) in [5.41, 5.74) is 0.232. The van der Waals surface area contributed by atoms with Crippen LogP contribution in [0.4, 0.5) is 0 Å². The molecule has 1 aliphatic carbocycles. The molecule has 0 radical (unpaired) electrons. The van der Waals surface area contributed by atoms with E-state index in [0.29, 0.717) is 15.9 Å². The maximum Gasteiger partial charge on any atom is 0.310 e. The third-order valence-electron chi connectivity index (χ3n) is 2.69. The van der Waals surface area contributed by atoms with Crippen LogP contribution in [-0.4, -0.2) is 16.6 Å². The van der Waals surface area contributed by atoms with E-state index in [0.717, 1.165) is 6.42 Å². The predicted octanol–water partition coefficient (Wildman–Crippen LogP) is 3.83. The lowest BCUT2D eigenvalue weighted by Gasteiger charge is -2.19. The zero-order chi connectivity index (χ0) is 13.5. The minimum atomic E-state index is -0.463. The molecule has 0 bridgehead atoms. The van der Waals surface area contributed by atoms with Crippen molar-refractivity contribution in [1.29, 1.82) is 0 Å². The molecule has 1 aliphatic rings. The second-order valence-corrected chi connectivity index (χ2v) is 6.28. The van der Waals surface area contributed by atoms with Crippen molar-refractivity contribution >= 4 is 29.2 Å². The Labute approximate surface area is 116 Å². The Kier molecular flexibility index (Phi) is 3.56.